The van der Waals surface area contributed by atoms with Crippen LogP contribution in [0, 0.1) is 5.82 Å². The number of likely N-dealkylation sites (N-methyl/N-ethyl adjacent to an activating group) is 1. The summed E-state index contributed by atoms with van der Waals surface area (Å²) in [7, 11) is 2.14. The third kappa shape index (κ3) is 5.87. The highest BCUT2D eigenvalue weighted by Gasteiger charge is 2.32. The lowest BCUT2D eigenvalue weighted by molar-refractivity contribution is 0.119. The topological polar surface area (TPSA) is 57.1 Å². The fourth-order valence-electron chi connectivity index (χ4n) is 6.82. The predicted molar refractivity (Wildman–Crippen MR) is 169 cm³/mol. The summed E-state index contributed by atoms with van der Waals surface area (Å²) in [6, 6.07) is 11.8. The van der Waals surface area contributed by atoms with Gasteiger partial charge in [0, 0.05) is 47.4 Å². The van der Waals surface area contributed by atoms with Gasteiger partial charge in [0.2, 0.25) is 0 Å². The first-order valence-electron chi connectivity index (χ1n) is 15.3. The average molecular weight is 587 g/mol. The number of hydrogen-bond donors (Lipinski definition) is 0. The first-order chi connectivity index (χ1) is 20.8. The van der Waals surface area contributed by atoms with Crippen LogP contribution in [-0.2, 0) is 13.0 Å². The van der Waals surface area contributed by atoms with Gasteiger partial charge < -0.3 is 19.4 Å². The van der Waals surface area contributed by atoms with Crippen molar-refractivity contribution in [1.29, 1.82) is 0 Å². The zero-order valence-corrected chi connectivity index (χ0v) is 25.3. The number of fused-ring (bicyclic) bond motifs is 2. The molecule has 0 N–H and O–H groups in total. The number of ether oxygens (including phenoxy) is 1. The van der Waals surface area contributed by atoms with Gasteiger partial charge in [0.05, 0.1) is 18.4 Å². The molecule has 0 bridgehead atoms. The number of anilines is 2. The third-order valence-electron chi connectivity index (χ3n) is 9.26. The quantitative estimate of drug-likeness (QED) is 0.290. The van der Waals surface area contributed by atoms with E-state index in [9.17, 15) is 0 Å². The van der Waals surface area contributed by atoms with E-state index in [4.69, 9.17) is 14.7 Å². The molecule has 1 saturated heterocycles. The van der Waals surface area contributed by atoms with Crippen molar-refractivity contribution < 1.29 is 13.5 Å². The van der Waals surface area contributed by atoms with Crippen LogP contribution in [0.1, 0.15) is 50.8 Å². The maximum absolute atomic E-state index is 15.1. The minimum absolute atomic E-state index is 0.106. The Bertz CT molecular complexity index is 1580. The van der Waals surface area contributed by atoms with Crippen LogP contribution in [0.3, 0.4) is 0 Å². The van der Waals surface area contributed by atoms with Crippen molar-refractivity contribution >= 4 is 29.0 Å². The first kappa shape index (κ1) is 29.2. The molecular weight excluding hydrogens is 546 g/mol. The molecule has 6 rings (SSSR count). The summed E-state index contributed by atoms with van der Waals surface area (Å²) >= 11 is 0. The number of halogens is 2. The Kier molecular flexibility index (Phi) is 8.43. The van der Waals surface area contributed by atoms with Crippen LogP contribution in [0.15, 0.2) is 64.6 Å². The van der Waals surface area contributed by atoms with Gasteiger partial charge in [-0.15, -0.1) is 0 Å². The van der Waals surface area contributed by atoms with Gasteiger partial charge in [-0.1, -0.05) is 36.3 Å². The highest BCUT2D eigenvalue weighted by atomic mass is 19.1. The maximum Gasteiger partial charge on any atom is 0.318 e. The second kappa shape index (κ2) is 12.4. The monoisotopic (exact) mass is 586 g/mol. The van der Waals surface area contributed by atoms with Crippen molar-refractivity contribution in [3.05, 3.63) is 76.6 Å². The Morgan fingerprint density at radius 2 is 1.95 bits per heavy atom. The van der Waals surface area contributed by atoms with Crippen LogP contribution >= 0.6 is 0 Å². The number of nitrogens with zero attached hydrogens (tertiary/aromatic N) is 6. The van der Waals surface area contributed by atoms with Crippen LogP contribution in [0.4, 0.5) is 20.3 Å². The number of aliphatic imine (C=N–C) groups is 1. The Morgan fingerprint density at radius 3 is 2.74 bits per heavy atom. The lowest BCUT2D eigenvalue weighted by atomic mass is 9.94. The molecule has 3 aromatic rings. The zero-order chi connectivity index (χ0) is 30.1. The first-order valence-corrected chi connectivity index (χ1v) is 15.3. The Balaban J connectivity index is 1.38. The largest absolute Gasteiger partial charge is 0.462 e. The van der Waals surface area contributed by atoms with Crippen molar-refractivity contribution in [3.63, 3.8) is 0 Å². The molecule has 43 heavy (non-hydrogen) atoms. The number of piperidine rings is 1. The maximum atomic E-state index is 15.1. The van der Waals surface area contributed by atoms with E-state index in [1.54, 1.807) is 6.07 Å². The van der Waals surface area contributed by atoms with Crippen molar-refractivity contribution in [2.24, 2.45) is 4.99 Å². The predicted octanol–water partition coefficient (Wildman–Crippen LogP) is 6.62. The van der Waals surface area contributed by atoms with E-state index >= 15 is 8.78 Å². The summed E-state index contributed by atoms with van der Waals surface area (Å²) in [4.78, 5) is 20.3. The Labute approximate surface area is 252 Å². The van der Waals surface area contributed by atoms with Crippen LogP contribution < -0.4 is 14.5 Å². The van der Waals surface area contributed by atoms with Crippen LogP contribution in [0.2, 0.25) is 0 Å². The molecule has 3 aliphatic rings. The average Bonchev–Trinajstić information content (AvgIpc) is 3.00. The summed E-state index contributed by atoms with van der Waals surface area (Å²) in [5.74, 6) is 0.190. The highest BCUT2D eigenvalue weighted by Crippen LogP contribution is 2.38. The van der Waals surface area contributed by atoms with Gasteiger partial charge >= 0.3 is 6.01 Å². The second-order valence-electron chi connectivity index (χ2n) is 12.1. The summed E-state index contributed by atoms with van der Waals surface area (Å²) in [6.07, 6.45) is 6.02. The Hall–Kier alpha value is -3.85. The number of aromatic nitrogens is 2. The van der Waals surface area contributed by atoms with Gasteiger partial charge in [-0.05, 0) is 77.4 Å². The van der Waals surface area contributed by atoms with Crippen molar-refractivity contribution in [2.45, 2.75) is 64.6 Å². The molecule has 0 amide bonds. The molecular formula is C34H40F2N6O. The molecule has 0 spiro atoms. The fraction of sp³-hybridized carbons (Fsp3) is 0.441. The minimum Gasteiger partial charge on any atom is -0.462 e. The normalized spacial score (nSPS) is 21.7. The zero-order valence-electron chi connectivity index (χ0n) is 25.3. The molecule has 2 atom stereocenters. The molecule has 3 aliphatic heterocycles. The number of hydrogen-bond acceptors (Lipinski definition) is 7. The molecule has 0 radical (unpaired) electrons. The minimum atomic E-state index is -0.367. The molecule has 9 heteroatoms. The van der Waals surface area contributed by atoms with Gasteiger partial charge in [-0.2, -0.15) is 9.97 Å². The molecule has 1 fully saturated rings. The van der Waals surface area contributed by atoms with E-state index in [1.165, 1.54) is 25.1 Å². The highest BCUT2D eigenvalue weighted by molar-refractivity contribution is 5.95. The van der Waals surface area contributed by atoms with Gasteiger partial charge in [-0.25, -0.2) is 8.78 Å². The van der Waals surface area contributed by atoms with E-state index in [0.29, 0.717) is 62.1 Å². The molecule has 7 nitrogen and oxygen atoms in total. The van der Waals surface area contributed by atoms with Gasteiger partial charge in [0.15, 0.2) is 0 Å². The lowest BCUT2D eigenvalue weighted by Crippen LogP contribution is -2.42. The van der Waals surface area contributed by atoms with E-state index in [2.05, 4.69) is 40.4 Å². The van der Waals surface area contributed by atoms with Gasteiger partial charge in [0.25, 0.3) is 0 Å². The lowest BCUT2D eigenvalue weighted by Gasteiger charge is -2.39. The van der Waals surface area contributed by atoms with E-state index in [1.807, 2.05) is 31.2 Å². The SMILES string of the molecule is C=N/C=C(/F)C1=C(C)C[C@@H](C)N(c2nc(OC[C@H]3CCCCN3C)nc3c2CCN(c2cccc4cccc(F)c24)C3)C1. The summed E-state index contributed by atoms with van der Waals surface area (Å²) in [6.45, 7) is 10.7. The summed E-state index contributed by atoms with van der Waals surface area (Å²) < 4.78 is 36.5. The molecule has 4 heterocycles. The smallest absolute Gasteiger partial charge is 0.318 e. The molecule has 0 saturated carbocycles. The molecule has 0 unspecified atom stereocenters. The molecule has 0 aliphatic carbocycles. The fourth-order valence-corrected chi connectivity index (χ4v) is 6.82. The van der Waals surface area contributed by atoms with Crippen molar-refractivity contribution in [1.82, 2.24) is 14.9 Å². The van der Waals surface area contributed by atoms with E-state index in [-0.39, 0.29) is 17.7 Å². The van der Waals surface area contributed by atoms with Gasteiger partial charge in [-0.3, -0.25) is 4.99 Å². The van der Waals surface area contributed by atoms with Crippen LogP contribution in [0.25, 0.3) is 10.8 Å². The number of likely N-dealkylation sites (tertiary alicyclic amines) is 1. The molecule has 2 aromatic carbocycles. The Morgan fingerprint density at radius 1 is 1.14 bits per heavy atom. The number of rotatable bonds is 7. The van der Waals surface area contributed by atoms with Gasteiger partial charge in [0.1, 0.15) is 24.1 Å². The molecule has 226 valence electrons. The van der Waals surface area contributed by atoms with E-state index in [0.717, 1.165) is 46.7 Å². The van der Waals surface area contributed by atoms with Crippen LogP contribution in [-0.4, -0.2) is 67.0 Å². The summed E-state index contributed by atoms with van der Waals surface area (Å²) in [5, 5.41) is 1.49. The van der Waals surface area contributed by atoms with E-state index < -0.39 is 0 Å². The third-order valence-corrected chi connectivity index (χ3v) is 9.26. The second-order valence-corrected chi connectivity index (χ2v) is 12.1. The molecule has 1 aromatic heterocycles. The standard InChI is InChI=1S/C34H40F2N6O/c1-22-17-23(2)42(19-27(22)29(36)18-37-3)33-26-14-16-41(31-13-8-10-24-9-7-12-28(35)32(24)31)20-30(26)38-34(39-33)43-21-25-11-5-6-15-40(25)4/h7-10,12-13,18,23,25H,3,5-6,11,14-17,19-21H2,1-2,4H3/b29-18+/t23-,25-/m1/s1. The number of benzene rings is 2. The summed E-state index contributed by atoms with van der Waals surface area (Å²) in [5.41, 5.74) is 4.37. The van der Waals surface area contributed by atoms with Crippen molar-refractivity contribution in [2.75, 3.05) is 43.1 Å². The van der Waals surface area contributed by atoms with Crippen molar-refractivity contribution in [3.8, 4) is 6.01 Å². The van der Waals surface area contributed by atoms with Crippen LogP contribution in [0.5, 0.6) is 6.01 Å².